The van der Waals surface area contributed by atoms with Crippen LogP contribution in [0.25, 0.3) is 11.3 Å². The predicted octanol–water partition coefficient (Wildman–Crippen LogP) is 3.24. The van der Waals surface area contributed by atoms with E-state index in [4.69, 9.17) is 9.72 Å². The number of halogens is 2. The summed E-state index contributed by atoms with van der Waals surface area (Å²) in [4.78, 5) is 16.2. The van der Waals surface area contributed by atoms with Gasteiger partial charge in [-0.3, -0.25) is 10.4 Å². The summed E-state index contributed by atoms with van der Waals surface area (Å²) in [6.45, 7) is 0.639. The summed E-state index contributed by atoms with van der Waals surface area (Å²) in [7, 11) is 1.54. The van der Waals surface area contributed by atoms with Crippen LogP contribution >= 0.6 is 11.3 Å². The molecule has 0 unspecified atom stereocenters. The number of fused-ring (bicyclic) bond motifs is 3. The van der Waals surface area contributed by atoms with Gasteiger partial charge in [0.05, 0.1) is 24.6 Å². The first-order valence-electron chi connectivity index (χ1n) is 8.84. The van der Waals surface area contributed by atoms with Gasteiger partial charge in [0.15, 0.2) is 5.13 Å². The zero-order valence-electron chi connectivity index (χ0n) is 14.9. The minimum atomic E-state index is -2.56. The third-order valence-corrected chi connectivity index (χ3v) is 6.04. The summed E-state index contributed by atoms with van der Waals surface area (Å²) < 4.78 is 31.9. The number of thiazole rings is 1. The SMILES string of the molecule is COc1ccnc(Nc2nc3c(s2)CCN(C2CC(F)(F)C2)c2[nH]ncc2-3)n1. The summed E-state index contributed by atoms with van der Waals surface area (Å²) in [6.07, 6.45) is 3.79. The number of anilines is 3. The maximum absolute atomic E-state index is 13.4. The van der Waals surface area contributed by atoms with Crippen molar-refractivity contribution in [2.24, 2.45) is 0 Å². The average Bonchev–Trinajstić information content (AvgIpc) is 3.25. The van der Waals surface area contributed by atoms with Crippen LogP contribution in [0.1, 0.15) is 17.7 Å². The van der Waals surface area contributed by atoms with Crippen molar-refractivity contribution in [2.45, 2.75) is 31.2 Å². The summed E-state index contributed by atoms with van der Waals surface area (Å²) in [5.74, 6) is -0.947. The fourth-order valence-corrected chi connectivity index (χ4v) is 4.58. The van der Waals surface area contributed by atoms with Crippen molar-refractivity contribution in [3.63, 3.8) is 0 Å². The number of H-pyrrole nitrogens is 1. The number of methoxy groups -OCH3 is 1. The highest BCUT2D eigenvalue weighted by molar-refractivity contribution is 7.16. The van der Waals surface area contributed by atoms with Crippen LogP contribution in [0.4, 0.5) is 25.7 Å². The lowest BCUT2D eigenvalue weighted by Gasteiger charge is -2.43. The number of nitrogens with zero attached hydrogens (tertiary/aromatic N) is 5. The predicted molar refractivity (Wildman–Crippen MR) is 101 cm³/mol. The van der Waals surface area contributed by atoms with Crippen LogP contribution in [-0.2, 0) is 6.42 Å². The molecule has 3 aromatic heterocycles. The van der Waals surface area contributed by atoms with E-state index in [9.17, 15) is 8.78 Å². The normalized spacial score (nSPS) is 18.0. The highest BCUT2D eigenvalue weighted by Gasteiger charge is 2.49. The lowest BCUT2D eigenvalue weighted by Crippen LogP contribution is -2.51. The van der Waals surface area contributed by atoms with E-state index in [0.29, 0.717) is 23.5 Å². The zero-order chi connectivity index (χ0) is 19.3. The smallest absolute Gasteiger partial charge is 0.252 e. The lowest BCUT2D eigenvalue weighted by atomic mass is 9.86. The summed E-state index contributed by atoms with van der Waals surface area (Å²) in [5.41, 5.74) is 1.64. The van der Waals surface area contributed by atoms with Crippen molar-refractivity contribution in [1.29, 1.82) is 0 Å². The molecule has 2 N–H and O–H groups in total. The lowest BCUT2D eigenvalue weighted by molar-refractivity contribution is -0.0858. The van der Waals surface area contributed by atoms with Gasteiger partial charge in [-0.2, -0.15) is 10.1 Å². The molecular formula is C17H17F2N7OS. The van der Waals surface area contributed by atoms with Crippen LogP contribution in [0.2, 0.25) is 0 Å². The first-order valence-corrected chi connectivity index (χ1v) is 9.66. The molecule has 146 valence electrons. The Hall–Kier alpha value is -2.82. The molecule has 1 aliphatic carbocycles. The van der Waals surface area contributed by atoms with E-state index >= 15 is 0 Å². The van der Waals surface area contributed by atoms with Crippen LogP contribution in [-0.4, -0.2) is 50.8 Å². The van der Waals surface area contributed by atoms with Crippen molar-refractivity contribution in [3.05, 3.63) is 23.3 Å². The molecule has 1 fully saturated rings. The molecule has 0 bridgehead atoms. The number of aromatic nitrogens is 5. The van der Waals surface area contributed by atoms with E-state index in [0.717, 1.165) is 28.4 Å². The second-order valence-electron chi connectivity index (χ2n) is 6.83. The fourth-order valence-electron chi connectivity index (χ4n) is 3.62. The third-order valence-electron chi connectivity index (χ3n) is 5.01. The van der Waals surface area contributed by atoms with Crippen LogP contribution in [0.15, 0.2) is 18.5 Å². The maximum atomic E-state index is 13.4. The summed E-state index contributed by atoms with van der Waals surface area (Å²) >= 11 is 1.50. The molecular weight excluding hydrogens is 388 g/mol. The molecule has 0 aromatic carbocycles. The topological polar surface area (TPSA) is 91.8 Å². The molecule has 28 heavy (non-hydrogen) atoms. The Labute approximate surface area is 163 Å². The van der Waals surface area contributed by atoms with Gasteiger partial charge in [-0.25, -0.2) is 18.7 Å². The van der Waals surface area contributed by atoms with Crippen LogP contribution in [0.3, 0.4) is 0 Å². The number of hydrogen-bond donors (Lipinski definition) is 2. The molecule has 3 aromatic rings. The van der Waals surface area contributed by atoms with Gasteiger partial charge >= 0.3 is 0 Å². The van der Waals surface area contributed by atoms with Gasteiger partial charge in [-0.1, -0.05) is 0 Å². The minimum absolute atomic E-state index is 0.119. The minimum Gasteiger partial charge on any atom is -0.481 e. The Kier molecular flexibility index (Phi) is 3.93. The van der Waals surface area contributed by atoms with Crippen molar-refractivity contribution < 1.29 is 13.5 Å². The largest absolute Gasteiger partial charge is 0.481 e. The Morgan fingerprint density at radius 1 is 1.36 bits per heavy atom. The van der Waals surface area contributed by atoms with Crippen molar-refractivity contribution in [1.82, 2.24) is 25.1 Å². The summed E-state index contributed by atoms with van der Waals surface area (Å²) in [6, 6.07) is 1.49. The van der Waals surface area contributed by atoms with Crippen LogP contribution in [0.5, 0.6) is 5.88 Å². The molecule has 0 radical (unpaired) electrons. The third kappa shape index (κ3) is 2.95. The number of aromatic amines is 1. The van der Waals surface area contributed by atoms with Crippen molar-refractivity contribution in [3.8, 4) is 17.1 Å². The molecule has 0 atom stereocenters. The monoisotopic (exact) mass is 405 g/mol. The van der Waals surface area contributed by atoms with E-state index in [1.165, 1.54) is 11.3 Å². The van der Waals surface area contributed by atoms with E-state index in [2.05, 4.69) is 25.5 Å². The number of alkyl halides is 2. The molecule has 2 aliphatic rings. The number of rotatable bonds is 4. The molecule has 4 heterocycles. The van der Waals surface area contributed by atoms with E-state index in [1.807, 2.05) is 4.90 Å². The standard InChI is InChI=1S/C17H17F2N7OS/c1-27-12-2-4-20-15(22-12)24-16-23-13-10-8-21-25-14(10)26(5-3-11(13)28-16)9-6-17(18,19)7-9/h2,4,8-9H,3,5-7H2,1H3,(H,21,25)(H,20,22,23,24). The molecule has 0 amide bonds. The first kappa shape index (κ1) is 17.3. The van der Waals surface area contributed by atoms with Gasteiger partial charge in [0.25, 0.3) is 5.92 Å². The van der Waals surface area contributed by atoms with Gasteiger partial charge < -0.3 is 9.64 Å². The Bertz CT molecular complexity index is 1010. The number of hydrogen-bond acceptors (Lipinski definition) is 8. The molecule has 11 heteroatoms. The zero-order valence-corrected chi connectivity index (χ0v) is 15.8. The average molecular weight is 405 g/mol. The van der Waals surface area contributed by atoms with Crippen LogP contribution < -0.4 is 15.0 Å². The molecule has 8 nitrogen and oxygen atoms in total. The fraction of sp³-hybridized carbons (Fsp3) is 0.412. The van der Waals surface area contributed by atoms with Gasteiger partial charge in [0.1, 0.15) is 5.82 Å². The summed E-state index contributed by atoms with van der Waals surface area (Å²) in [5, 5.41) is 10.9. The quantitative estimate of drug-likeness (QED) is 0.688. The maximum Gasteiger partial charge on any atom is 0.252 e. The van der Waals surface area contributed by atoms with Gasteiger partial charge in [-0.15, -0.1) is 11.3 Å². The Balaban J connectivity index is 1.43. The highest BCUT2D eigenvalue weighted by atomic mass is 32.1. The van der Waals surface area contributed by atoms with E-state index in [-0.39, 0.29) is 18.9 Å². The Morgan fingerprint density at radius 2 is 2.21 bits per heavy atom. The molecule has 5 rings (SSSR count). The first-order chi connectivity index (χ1) is 13.5. The van der Waals surface area contributed by atoms with Crippen molar-refractivity contribution in [2.75, 3.05) is 23.9 Å². The molecule has 0 spiro atoms. The molecule has 1 aliphatic heterocycles. The van der Waals surface area contributed by atoms with E-state index < -0.39 is 5.92 Å². The molecule has 1 saturated carbocycles. The van der Waals surface area contributed by atoms with Gasteiger partial charge in [-0.05, 0) is 0 Å². The van der Waals surface area contributed by atoms with E-state index in [1.54, 1.807) is 25.6 Å². The van der Waals surface area contributed by atoms with Gasteiger partial charge in [0, 0.05) is 49.0 Å². The van der Waals surface area contributed by atoms with Crippen molar-refractivity contribution >= 4 is 28.2 Å². The second kappa shape index (κ2) is 6.36. The number of nitrogens with one attached hydrogen (secondary N) is 2. The Morgan fingerprint density at radius 3 is 3.00 bits per heavy atom. The second-order valence-corrected chi connectivity index (χ2v) is 7.92. The highest BCUT2D eigenvalue weighted by Crippen LogP contribution is 2.46. The molecule has 0 saturated heterocycles. The van der Waals surface area contributed by atoms with Gasteiger partial charge in [0.2, 0.25) is 11.8 Å². The number of ether oxygens (including phenoxy) is 1. The van der Waals surface area contributed by atoms with Crippen LogP contribution in [0, 0.1) is 0 Å².